The second-order valence-corrected chi connectivity index (χ2v) is 18.8. The molecule has 0 radical (unpaired) electrons. The molecule has 0 aliphatic heterocycles. The zero-order valence-electron chi connectivity index (χ0n) is 23.3. The van der Waals surface area contributed by atoms with Gasteiger partial charge in [0.05, 0.1) is 0 Å². The lowest BCUT2D eigenvalue weighted by Crippen LogP contribution is -2.26. The Morgan fingerprint density at radius 2 is 1.35 bits per heavy atom. The van der Waals surface area contributed by atoms with Crippen LogP contribution in [0.1, 0.15) is 79.4 Å². The van der Waals surface area contributed by atoms with Crippen molar-refractivity contribution in [1.82, 2.24) is 0 Å². The normalized spacial score (nSPS) is 12.5. The average molecular weight is 502 g/mol. The standard InChI is InChI=1S/C30H49NOP2/c1-21(2)33(22(3)4)29-19-25(9)13-15-27(29)31-28-16-14-26(10)20-30(28)34(23(5)6,24(7)8)18-12-11-17-32/h13-16,18-24,31-32H,11-12,17H2,1-10H3. The molecule has 0 heterocycles. The van der Waals surface area contributed by atoms with Gasteiger partial charge in [-0.2, -0.15) is 0 Å². The van der Waals surface area contributed by atoms with Crippen LogP contribution in [0.25, 0.3) is 0 Å². The highest BCUT2D eigenvalue weighted by Crippen LogP contribution is 2.57. The van der Waals surface area contributed by atoms with Crippen LogP contribution in [0.5, 0.6) is 0 Å². The molecule has 2 rings (SSSR count). The molecule has 2 aromatic carbocycles. The lowest BCUT2D eigenvalue weighted by atomic mass is 10.2. The van der Waals surface area contributed by atoms with Crippen LogP contribution in [0.15, 0.2) is 36.4 Å². The van der Waals surface area contributed by atoms with E-state index in [1.807, 2.05) is 0 Å². The molecule has 0 aromatic heterocycles. The minimum absolute atomic E-state index is 0.256. The van der Waals surface area contributed by atoms with Gasteiger partial charge in [0.25, 0.3) is 0 Å². The van der Waals surface area contributed by atoms with Crippen LogP contribution in [-0.4, -0.2) is 40.1 Å². The van der Waals surface area contributed by atoms with E-state index in [2.05, 4.69) is 117 Å². The predicted molar refractivity (Wildman–Crippen MR) is 162 cm³/mol. The third-order valence-corrected chi connectivity index (χ3v) is 15.5. The number of nitrogens with one attached hydrogen (secondary N) is 1. The molecule has 0 saturated heterocycles. The molecule has 0 fully saturated rings. The van der Waals surface area contributed by atoms with Crippen LogP contribution in [0.4, 0.5) is 11.4 Å². The average Bonchev–Trinajstić information content (AvgIpc) is 2.73. The maximum atomic E-state index is 9.48. The summed E-state index contributed by atoms with van der Waals surface area (Å²) in [5.74, 6) is 2.60. The fourth-order valence-electron chi connectivity index (χ4n) is 5.40. The summed E-state index contributed by atoms with van der Waals surface area (Å²) in [4.78, 5) is 0. The summed E-state index contributed by atoms with van der Waals surface area (Å²) in [6, 6.07) is 14.0. The monoisotopic (exact) mass is 501 g/mol. The first-order chi connectivity index (χ1) is 15.9. The molecular weight excluding hydrogens is 452 g/mol. The van der Waals surface area contributed by atoms with Crippen molar-refractivity contribution in [3.63, 3.8) is 0 Å². The van der Waals surface area contributed by atoms with Crippen LogP contribution in [0, 0.1) is 13.8 Å². The second kappa shape index (κ2) is 12.8. The molecular formula is C30H49NOP2. The van der Waals surface area contributed by atoms with E-state index in [4.69, 9.17) is 0 Å². The van der Waals surface area contributed by atoms with Crippen molar-refractivity contribution in [3.8, 4) is 0 Å². The van der Waals surface area contributed by atoms with Crippen LogP contribution < -0.4 is 15.9 Å². The first-order valence-corrected chi connectivity index (χ1v) is 16.5. The molecule has 0 amide bonds. The summed E-state index contributed by atoms with van der Waals surface area (Å²) >= 11 is 0. The molecule has 34 heavy (non-hydrogen) atoms. The van der Waals surface area contributed by atoms with Crippen molar-refractivity contribution in [2.24, 2.45) is 0 Å². The molecule has 4 heteroatoms. The summed E-state index contributed by atoms with van der Waals surface area (Å²) < 4.78 is 0. The number of anilines is 2. The van der Waals surface area contributed by atoms with Gasteiger partial charge < -0.3 is 10.4 Å². The van der Waals surface area contributed by atoms with Gasteiger partial charge in [0.1, 0.15) is 0 Å². The second-order valence-electron chi connectivity index (χ2n) is 10.8. The molecule has 0 aliphatic rings. The van der Waals surface area contributed by atoms with Gasteiger partial charge in [0.15, 0.2) is 0 Å². The lowest BCUT2D eigenvalue weighted by molar-refractivity contribution is 0.291. The highest BCUT2D eigenvalue weighted by molar-refractivity contribution is 7.83. The summed E-state index contributed by atoms with van der Waals surface area (Å²) in [7, 11) is -0.276. The first kappa shape index (κ1) is 29.2. The zero-order chi connectivity index (χ0) is 25.6. The summed E-state index contributed by atoms with van der Waals surface area (Å²) in [6.07, 6.45) is 1.81. The van der Waals surface area contributed by atoms with Crippen molar-refractivity contribution in [2.45, 2.75) is 105 Å². The van der Waals surface area contributed by atoms with E-state index in [0.717, 1.165) is 12.8 Å². The number of aliphatic hydroxyl groups excluding tert-OH is 1. The van der Waals surface area contributed by atoms with Gasteiger partial charge >= 0.3 is 0 Å². The SMILES string of the molecule is Cc1ccc(Nc2ccc(C)cc2P(=CCCCO)(C(C)C)C(C)C)c(P(C(C)C)C(C)C)c1. The summed E-state index contributed by atoms with van der Waals surface area (Å²) in [5.41, 5.74) is 7.56. The van der Waals surface area contributed by atoms with Gasteiger partial charge in [-0.05, 0) is 78.9 Å². The van der Waals surface area contributed by atoms with E-state index in [9.17, 15) is 5.11 Å². The Kier molecular flexibility index (Phi) is 10.9. The van der Waals surface area contributed by atoms with Crippen LogP contribution in [0.3, 0.4) is 0 Å². The van der Waals surface area contributed by atoms with Crippen LogP contribution in [-0.2, 0) is 0 Å². The van der Waals surface area contributed by atoms with Crippen LogP contribution in [0.2, 0.25) is 0 Å². The van der Waals surface area contributed by atoms with Gasteiger partial charge in [-0.25, -0.2) is 0 Å². The van der Waals surface area contributed by atoms with Gasteiger partial charge in [-0.3, -0.25) is 0 Å². The van der Waals surface area contributed by atoms with E-state index >= 15 is 0 Å². The summed E-state index contributed by atoms with van der Waals surface area (Å²) in [6.45, 7) is 22.1. The predicted octanol–water partition coefficient (Wildman–Crippen LogP) is 8.01. The number of aryl methyl sites for hydroxylation is 2. The Hall–Kier alpha value is -1.07. The van der Waals surface area contributed by atoms with E-state index in [1.165, 1.54) is 33.1 Å². The van der Waals surface area contributed by atoms with Gasteiger partial charge in [0.2, 0.25) is 0 Å². The molecule has 0 unspecified atom stereocenters. The third-order valence-electron chi connectivity index (χ3n) is 6.89. The molecule has 0 bridgehead atoms. The maximum Gasteiger partial charge on any atom is 0.0462 e. The molecule has 190 valence electrons. The Morgan fingerprint density at radius 1 is 0.824 bits per heavy atom. The molecule has 2 nitrogen and oxygen atoms in total. The van der Waals surface area contributed by atoms with E-state index in [-0.39, 0.29) is 14.5 Å². The van der Waals surface area contributed by atoms with Gasteiger partial charge in [-0.15, -0.1) is 0 Å². The number of rotatable bonds is 11. The van der Waals surface area contributed by atoms with Crippen molar-refractivity contribution in [1.29, 1.82) is 0 Å². The lowest BCUT2D eigenvalue weighted by Gasteiger charge is -2.37. The zero-order valence-corrected chi connectivity index (χ0v) is 25.1. The minimum atomic E-state index is -1.60. The van der Waals surface area contributed by atoms with E-state index < -0.39 is 6.89 Å². The summed E-state index contributed by atoms with van der Waals surface area (Å²) in [5, 5.41) is 16.4. The van der Waals surface area contributed by atoms with Gasteiger partial charge in [0, 0.05) is 23.3 Å². The largest absolute Gasteiger partial charge is 0.396 e. The Labute approximate surface area is 211 Å². The van der Waals surface area contributed by atoms with Crippen molar-refractivity contribution in [3.05, 3.63) is 47.5 Å². The fourth-order valence-corrected chi connectivity index (χ4v) is 13.4. The molecule has 2 N–H and O–H groups in total. The van der Waals surface area contributed by atoms with Crippen molar-refractivity contribution in [2.75, 3.05) is 11.9 Å². The highest BCUT2D eigenvalue weighted by Gasteiger charge is 2.30. The van der Waals surface area contributed by atoms with Crippen molar-refractivity contribution < 1.29 is 5.11 Å². The topological polar surface area (TPSA) is 32.3 Å². The number of hydrogen-bond donors (Lipinski definition) is 2. The van der Waals surface area contributed by atoms with Crippen LogP contribution >= 0.6 is 14.8 Å². The maximum absolute atomic E-state index is 9.48. The number of aliphatic hydroxyl groups is 1. The molecule has 0 aliphatic carbocycles. The third kappa shape index (κ3) is 6.57. The smallest absolute Gasteiger partial charge is 0.0462 e. The fraction of sp³-hybridized carbons (Fsp3) is 0.567. The van der Waals surface area contributed by atoms with Gasteiger partial charge in [-0.1, -0.05) is 99.3 Å². The number of benzene rings is 2. The van der Waals surface area contributed by atoms with Crippen molar-refractivity contribution >= 4 is 42.6 Å². The molecule has 0 atom stereocenters. The number of unbranched alkanes of at least 4 members (excludes halogenated alkanes) is 1. The van der Waals surface area contributed by atoms with E-state index in [1.54, 1.807) is 0 Å². The molecule has 0 saturated carbocycles. The Balaban J connectivity index is 2.75. The highest BCUT2D eigenvalue weighted by atomic mass is 31.2. The van der Waals surface area contributed by atoms with E-state index in [0.29, 0.717) is 22.6 Å². The first-order valence-electron chi connectivity index (χ1n) is 13.1. The molecule has 2 aromatic rings. The quantitative estimate of drug-likeness (QED) is 0.241. The number of hydrogen-bond acceptors (Lipinski definition) is 2. The molecule has 0 spiro atoms. The minimum Gasteiger partial charge on any atom is -0.396 e. The Bertz CT molecular complexity index is 971. The Morgan fingerprint density at radius 3 is 1.85 bits per heavy atom.